The van der Waals surface area contributed by atoms with Crippen LogP contribution >= 0.6 is 0 Å². The molecule has 1 aromatic heterocycles. The molecule has 0 atom stereocenters. The first kappa shape index (κ1) is 14.5. The summed E-state index contributed by atoms with van der Waals surface area (Å²) in [6, 6.07) is 1.83. The molecule has 1 amide bonds. The summed E-state index contributed by atoms with van der Waals surface area (Å²) in [7, 11) is 0. The lowest BCUT2D eigenvalue weighted by Crippen LogP contribution is -2.36. The highest BCUT2D eigenvalue weighted by Gasteiger charge is 2.21. The Balaban J connectivity index is 1.99. The monoisotopic (exact) mass is 277 g/mol. The lowest BCUT2D eigenvalue weighted by Gasteiger charge is -2.21. The fourth-order valence-electron chi connectivity index (χ4n) is 2.38. The van der Waals surface area contributed by atoms with Gasteiger partial charge in [-0.15, -0.1) is 0 Å². The maximum atomic E-state index is 12.4. The van der Waals surface area contributed by atoms with Crippen molar-refractivity contribution >= 4 is 11.9 Å². The molecule has 0 saturated carbocycles. The third-order valence-electron chi connectivity index (χ3n) is 3.36. The average molecular weight is 277 g/mol. The highest BCUT2D eigenvalue weighted by atomic mass is 16.4. The summed E-state index contributed by atoms with van der Waals surface area (Å²) in [4.78, 5) is 30.8. The van der Waals surface area contributed by atoms with Gasteiger partial charge in [-0.2, -0.15) is 0 Å². The third-order valence-corrected chi connectivity index (χ3v) is 3.36. The van der Waals surface area contributed by atoms with Crippen LogP contribution in [0.5, 0.6) is 0 Å². The molecule has 0 bridgehead atoms. The van der Waals surface area contributed by atoms with E-state index in [-0.39, 0.29) is 12.5 Å². The molecule has 1 fully saturated rings. The minimum absolute atomic E-state index is 0.0293. The lowest BCUT2D eigenvalue weighted by molar-refractivity contribution is -0.138. The Morgan fingerprint density at radius 1 is 1.25 bits per heavy atom. The molecule has 6 heteroatoms. The largest absolute Gasteiger partial charge is 0.480 e. The van der Waals surface area contributed by atoms with Gasteiger partial charge >= 0.3 is 5.97 Å². The Kier molecular flexibility index (Phi) is 4.68. The number of pyridine rings is 1. The lowest BCUT2D eigenvalue weighted by atomic mass is 10.2. The first-order valence-electron chi connectivity index (χ1n) is 6.71. The van der Waals surface area contributed by atoms with Crippen LogP contribution in [0.25, 0.3) is 0 Å². The van der Waals surface area contributed by atoms with E-state index in [1.807, 2.05) is 17.9 Å². The van der Waals surface area contributed by atoms with Crippen LogP contribution in [-0.2, 0) is 4.79 Å². The zero-order valence-electron chi connectivity index (χ0n) is 11.6. The first-order valence-corrected chi connectivity index (χ1v) is 6.71. The van der Waals surface area contributed by atoms with E-state index >= 15 is 0 Å². The van der Waals surface area contributed by atoms with Crippen molar-refractivity contribution < 1.29 is 14.7 Å². The van der Waals surface area contributed by atoms with E-state index < -0.39 is 5.97 Å². The fraction of sp³-hybridized carbons (Fsp3) is 0.500. The summed E-state index contributed by atoms with van der Waals surface area (Å²) >= 11 is 0. The van der Waals surface area contributed by atoms with Crippen LogP contribution in [0.3, 0.4) is 0 Å². The number of aliphatic carboxylic acids is 1. The van der Waals surface area contributed by atoms with E-state index in [1.165, 1.54) is 0 Å². The fourth-order valence-corrected chi connectivity index (χ4v) is 2.38. The van der Waals surface area contributed by atoms with Crippen molar-refractivity contribution in [1.82, 2.24) is 14.8 Å². The van der Waals surface area contributed by atoms with Crippen molar-refractivity contribution in [3.8, 4) is 0 Å². The van der Waals surface area contributed by atoms with Gasteiger partial charge in [0.15, 0.2) is 0 Å². The summed E-state index contributed by atoms with van der Waals surface area (Å²) in [5.74, 6) is -0.856. The van der Waals surface area contributed by atoms with Crippen molar-refractivity contribution in [2.45, 2.75) is 13.3 Å². The molecule has 0 aromatic carbocycles. The number of aryl methyl sites for hydroxylation is 1. The molecule has 2 heterocycles. The average Bonchev–Trinajstić information content (AvgIpc) is 2.63. The van der Waals surface area contributed by atoms with Gasteiger partial charge in [0, 0.05) is 38.6 Å². The van der Waals surface area contributed by atoms with Gasteiger partial charge in [-0.25, -0.2) is 0 Å². The van der Waals surface area contributed by atoms with Crippen LogP contribution in [0.4, 0.5) is 0 Å². The van der Waals surface area contributed by atoms with E-state index in [4.69, 9.17) is 5.11 Å². The second-order valence-electron chi connectivity index (χ2n) is 5.07. The number of aromatic nitrogens is 1. The van der Waals surface area contributed by atoms with Gasteiger partial charge in [0.1, 0.15) is 0 Å². The maximum absolute atomic E-state index is 12.4. The molecule has 0 radical (unpaired) electrons. The van der Waals surface area contributed by atoms with Gasteiger partial charge < -0.3 is 10.0 Å². The molecule has 0 unspecified atom stereocenters. The molecule has 0 aliphatic carbocycles. The van der Waals surface area contributed by atoms with Crippen molar-refractivity contribution in [3.05, 3.63) is 29.6 Å². The second-order valence-corrected chi connectivity index (χ2v) is 5.07. The highest BCUT2D eigenvalue weighted by molar-refractivity contribution is 5.94. The van der Waals surface area contributed by atoms with Crippen molar-refractivity contribution in [3.63, 3.8) is 0 Å². The predicted octanol–water partition coefficient (Wildman–Crippen LogP) is 0.623. The Morgan fingerprint density at radius 2 is 2.05 bits per heavy atom. The Hall–Kier alpha value is -1.95. The minimum Gasteiger partial charge on any atom is -0.480 e. The van der Waals surface area contributed by atoms with E-state index in [0.29, 0.717) is 31.7 Å². The van der Waals surface area contributed by atoms with Gasteiger partial charge in [0.05, 0.1) is 12.1 Å². The standard InChI is InChI=1S/C14H19N3O3/c1-11-7-12(9-15-8-11)14(20)17-4-2-3-16(5-6-17)10-13(18)19/h7-9H,2-6,10H2,1H3,(H,18,19). The van der Waals surface area contributed by atoms with Crippen LogP contribution in [0.1, 0.15) is 22.3 Å². The highest BCUT2D eigenvalue weighted by Crippen LogP contribution is 2.09. The molecular weight excluding hydrogens is 258 g/mol. The van der Waals surface area contributed by atoms with Crippen molar-refractivity contribution in [2.24, 2.45) is 0 Å². The van der Waals surface area contributed by atoms with Crippen LogP contribution in [0.2, 0.25) is 0 Å². The molecule has 1 N–H and O–H groups in total. The van der Waals surface area contributed by atoms with Gasteiger partial charge in [0.25, 0.3) is 5.91 Å². The van der Waals surface area contributed by atoms with E-state index in [2.05, 4.69) is 4.98 Å². The number of hydrogen-bond donors (Lipinski definition) is 1. The molecular formula is C14H19N3O3. The van der Waals surface area contributed by atoms with E-state index in [1.54, 1.807) is 17.3 Å². The van der Waals surface area contributed by atoms with Crippen LogP contribution in [-0.4, -0.2) is 64.5 Å². The molecule has 1 aromatic rings. The van der Waals surface area contributed by atoms with E-state index in [0.717, 1.165) is 12.0 Å². The smallest absolute Gasteiger partial charge is 0.317 e. The summed E-state index contributed by atoms with van der Waals surface area (Å²) < 4.78 is 0. The zero-order chi connectivity index (χ0) is 14.5. The number of carboxylic acids is 1. The quantitative estimate of drug-likeness (QED) is 0.877. The zero-order valence-corrected chi connectivity index (χ0v) is 11.6. The van der Waals surface area contributed by atoms with Crippen molar-refractivity contribution in [1.29, 1.82) is 0 Å². The van der Waals surface area contributed by atoms with Crippen LogP contribution in [0.15, 0.2) is 18.5 Å². The Morgan fingerprint density at radius 3 is 2.75 bits per heavy atom. The molecule has 0 spiro atoms. The number of carboxylic acid groups (broad SMARTS) is 1. The van der Waals surface area contributed by atoms with E-state index in [9.17, 15) is 9.59 Å². The first-order chi connectivity index (χ1) is 9.56. The minimum atomic E-state index is -0.826. The molecule has 108 valence electrons. The second kappa shape index (κ2) is 6.47. The maximum Gasteiger partial charge on any atom is 0.317 e. The predicted molar refractivity (Wildman–Crippen MR) is 73.6 cm³/mol. The number of carbonyl (C=O) groups is 2. The van der Waals surface area contributed by atoms with Crippen LogP contribution < -0.4 is 0 Å². The SMILES string of the molecule is Cc1cncc(C(=O)N2CCCN(CC(=O)O)CC2)c1. The van der Waals surface area contributed by atoms with Gasteiger partial charge in [-0.1, -0.05) is 0 Å². The molecule has 1 saturated heterocycles. The molecule has 1 aliphatic heterocycles. The summed E-state index contributed by atoms with van der Waals surface area (Å²) in [6.45, 7) is 4.46. The summed E-state index contributed by atoms with van der Waals surface area (Å²) in [5, 5.41) is 8.81. The third kappa shape index (κ3) is 3.77. The van der Waals surface area contributed by atoms with Crippen molar-refractivity contribution in [2.75, 3.05) is 32.7 Å². The van der Waals surface area contributed by atoms with Gasteiger partial charge in [0.2, 0.25) is 0 Å². The molecule has 1 aliphatic rings. The number of nitrogens with zero attached hydrogens (tertiary/aromatic N) is 3. The Bertz CT molecular complexity index is 504. The van der Waals surface area contributed by atoms with Crippen LogP contribution in [0, 0.1) is 6.92 Å². The number of amides is 1. The summed E-state index contributed by atoms with van der Waals surface area (Å²) in [5.41, 5.74) is 1.55. The molecule has 6 nitrogen and oxygen atoms in total. The number of carbonyl (C=O) groups excluding carboxylic acids is 1. The van der Waals surface area contributed by atoms with Gasteiger partial charge in [-0.05, 0) is 25.0 Å². The summed E-state index contributed by atoms with van der Waals surface area (Å²) in [6.07, 6.45) is 4.08. The molecule has 2 rings (SSSR count). The van der Waals surface area contributed by atoms with Gasteiger partial charge in [-0.3, -0.25) is 19.5 Å². The Labute approximate surface area is 118 Å². The topological polar surface area (TPSA) is 73.7 Å². The number of rotatable bonds is 3. The molecule has 20 heavy (non-hydrogen) atoms. The number of hydrogen-bond acceptors (Lipinski definition) is 4. The normalized spacial score (nSPS) is 16.8.